The third kappa shape index (κ3) is 4.23. The summed E-state index contributed by atoms with van der Waals surface area (Å²) in [7, 11) is 1.38. The smallest absolute Gasteiger partial charge is 0.337 e. The van der Waals surface area contributed by atoms with Crippen molar-refractivity contribution >= 4 is 11.9 Å². The highest BCUT2D eigenvalue weighted by Gasteiger charge is 2.22. The number of methoxy groups -OCH3 is 1. The second kappa shape index (κ2) is 8.52. The van der Waals surface area contributed by atoms with Crippen LogP contribution in [0.1, 0.15) is 39.1 Å². The summed E-state index contributed by atoms with van der Waals surface area (Å²) in [6.07, 6.45) is 2.81. The Morgan fingerprint density at radius 1 is 1.12 bits per heavy atom. The summed E-state index contributed by atoms with van der Waals surface area (Å²) in [6, 6.07) is 14.9. The Kier molecular flexibility index (Phi) is 5.89. The van der Waals surface area contributed by atoms with E-state index in [2.05, 4.69) is 0 Å². The summed E-state index contributed by atoms with van der Waals surface area (Å²) in [5.41, 5.74) is 2.38. The van der Waals surface area contributed by atoms with Gasteiger partial charge in [-0.1, -0.05) is 24.3 Å². The topological polar surface area (TPSA) is 55.8 Å². The molecule has 3 rings (SSSR count). The number of unbranched alkanes of at least 4 members (excludes halogenated alkanes) is 1. The number of hydrogen-bond donors (Lipinski definition) is 0. The van der Waals surface area contributed by atoms with Crippen LogP contribution in [0, 0.1) is 0 Å². The minimum Gasteiger partial charge on any atom is -0.491 e. The Morgan fingerprint density at radius 2 is 1.88 bits per heavy atom. The summed E-state index contributed by atoms with van der Waals surface area (Å²) in [6.45, 7) is 1.86. The average Bonchev–Trinajstić information content (AvgIpc) is 2.84. The summed E-state index contributed by atoms with van der Waals surface area (Å²) in [5.74, 6) is 0.393. The number of ether oxygens (including phenoxy) is 2. The first kappa shape index (κ1) is 18.0. The minimum atomic E-state index is -0.321. The van der Waals surface area contributed by atoms with E-state index in [4.69, 9.17) is 9.47 Å². The molecule has 1 aliphatic rings. The van der Waals surface area contributed by atoms with Crippen molar-refractivity contribution in [3.63, 3.8) is 0 Å². The lowest BCUT2D eigenvalue weighted by molar-refractivity contribution is 0.0600. The molecule has 0 saturated carbocycles. The molecule has 0 saturated heterocycles. The van der Waals surface area contributed by atoms with Crippen molar-refractivity contribution in [1.82, 2.24) is 4.90 Å². The van der Waals surface area contributed by atoms with Crippen molar-refractivity contribution in [1.29, 1.82) is 0 Å². The van der Waals surface area contributed by atoms with Crippen LogP contribution in [0.4, 0.5) is 0 Å². The van der Waals surface area contributed by atoms with Gasteiger partial charge in [0.2, 0.25) is 0 Å². The van der Waals surface area contributed by atoms with E-state index in [1.165, 1.54) is 12.7 Å². The molecular weight excluding hydrogens is 330 g/mol. The molecule has 0 N–H and O–H groups in total. The van der Waals surface area contributed by atoms with Crippen molar-refractivity contribution in [2.75, 3.05) is 26.8 Å². The van der Waals surface area contributed by atoms with Crippen molar-refractivity contribution < 1.29 is 19.1 Å². The number of esters is 1. The van der Waals surface area contributed by atoms with E-state index in [1.54, 1.807) is 12.1 Å². The second-order valence-electron chi connectivity index (χ2n) is 6.28. The van der Waals surface area contributed by atoms with Gasteiger partial charge in [-0.05, 0) is 49.1 Å². The Balaban J connectivity index is 1.49. The molecule has 1 aliphatic heterocycles. The normalized spacial score (nSPS) is 13.6. The van der Waals surface area contributed by atoms with Gasteiger partial charge in [0.05, 0.1) is 24.8 Å². The van der Waals surface area contributed by atoms with E-state index in [0.717, 1.165) is 25.8 Å². The highest BCUT2D eigenvalue weighted by molar-refractivity contribution is 5.97. The lowest BCUT2D eigenvalue weighted by Crippen LogP contribution is -2.33. The van der Waals surface area contributed by atoms with E-state index >= 15 is 0 Å². The largest absolute Gasteiger partial charge is 0.491 e. The lowest BCUT2D eigenvalue weighted by Gasteiger charge is -2.19. The van der Waals surface area contributed by atoms with E-state index in [-0.39, 0.29) is 11.9 Å². The lowest BCUT2D eigenvalue weighted by atomic mass is 10.1. The van der Waals surface area contributed by atoms with Gasteiger partial charge in [0.25, 0.3) is 5.91 Å². The maximum Gasteiger partial charge on any atom is 0.337 e. The minimum absolute atomic E-state index is 0.0422. The fourth-order valence-corrected chi connectivity index (χ4v) is 3.08. The van der Waals surface area contributed by atoms with E-state index < -0.39 is 0 Å². The number of rotatable bonds is 6. The van der Waals surface area contributed by atoms with Crippen molar-refractivity contribution in [3.8, 4) is 5.75 Å². The van der Waals surface area contributed by atoms with Crippen LogP contribution >= 0.6 is 0 Å². The quantitative estimate of drug-likeness (QED) is 0.590. The van der Waals surface area contributed by atoms with Gasteiger partial charge in [0.15, 0.2) is 0 Å². The first-order valence-electron chi connectivity index (χ1n) is 8.87. The molecule has 2 aromatic carbocycles. The molecular formula is C21H23NO4. The van der Waals surface area contributed by atoms with E-state index in [0.29, 0.717) is 30.0 Å². The first-order chi connectivity index (χ1) is 12.7. The molecule has 0 radical (unpaired) electrons. The van der Waals surface area contributed by atoms with E-state index in [1.807, 2.05) is 41.3 Å². The number of carbonyl (C=O) groups is 2. The fourth-order valence-electron chi connectivity index (χ4n) is 3.08. The third-order valence-corrected chi connectivity index (χ3v) is 4.54. The zero-order valence-electron chi connectivity index (χ0n) is 14.9. The van der Waals surface area contributed by atoms with Crippen LogP contribution in [0.5, 0.6) is 5.75 Å². The summed E-state index contributed by atoms with van der Waals surface area (Å²) in [5, 5.41) is 0. The standard InChI is InChI=1S/C21H23NO4/c1-25-21(24)17-11-9-16(10-12-17)6-4-5-13-22-14-15-26-19-8-3-2-7-18(19)20(22)23/h2-3,7-12H,4-6,13-15H2,1H3. The number of fused-ring (bicyclic) bond motifs is 1. The SMILES string of the molecule is COC(=O)c1ccc(CCCCN2CCOc3ccccc3C2=O)cc1. The molecule has 0 aromatic heterocycles. The van der Waals surface area contributed by atoms with Gasteiger partial charge < -0.3 is 14.4 Å². The fraction of sp³-hybridized carbons (Fsp3) is 0.333. The van der Waals surface area contributed by atoms with Crippen molar-refractivity contribution in [2.24, 2.45) is 0 Å². The Bertz CT molecular complexity index is 770. The molecule has 26 heavy (non-hydrogen) atoms. The highest BCUT2D eigenvalue weighted by atomic mass is 16.5. The maximum atomic E-state index is 12.6. The van der Waals surface area contributed by atoms with Crippen molar-refractivity contribution in [3.05, 3.63) is 65.2 Å². The van der Waals surface area contributed by atoms with Crippen LogP contribution in [0.3, 0.4) is 0 Å². The number of benzene rings is 2. The zero-order chi connectivity index (χ0) is 18.4. The Morgan fingerprint density at radius 3 is 2.65 bits per heavy atom. The van der Waals surface area contributed by atoms with Crippen LogP contribution in [-0.4, -0.2) is 43.6 Å². The molecule has 5 heteroatoms. The van der Waals surface area contributed by atoms with Gasteiger partial charge in [-0.15, -0.1) is 0 Å². The molecule has 2 aromatic rings. The molecule has 0 aliphatic carbocycles. The van der Waals surface area contributed by atoms with E-state index in [9.17, 15) is 9.59 Å². The number of amides is 1. The van der Waals surface area contributed by atoms with Gasteiger partial charge in [-0.25, -0.2) is 4.79 Å². The molecule has 136 valence electrons. The van der Waals surface area contributed by atoms with Crippen LogP contribution in [0.2, 0.25) is 0 Å². The molecule has 0 bridgehead atoms. The molecule has 5 nitrogen and oxygen atoms in total. The van der Waals surface area contributed by atoms with Crippen molar-refractivity contribution in [2.45, 2.75) is 19.3 Å². The summed E-state index contributed by atoms with van der Waals surface area (Å²) < 4.78 is 10.4. The van der Waals surface area contributed by atoms with Crippen LogP contribution in [-0.2, 0) is 11.2 Å². The van der Waals surface area contributed by atoms with Crippen LogP contribution in [0.25, 0.3) is 0 Å². The van der Waals surface area contributed by atoms with Gasteiger partial charge >= 0.3 is 5.97 Å². The summed E-state index contributed by atoms with van der Waals surface area (Å²) >= 11 is 0. The monoisotopic (exact) mass is 353 g/mol. The number of hydrogen-bond acceptors (Lipinski definition) is 4. The third-order valence-electron chi connectivity index (χ3n) is 4.54. The maximum absolute atomic E-state index is 12.6. The molecule has 0 atom stereocenters. The first-order valence-corrected chi connectivity index (χ1v) is 8.87. The predicted molar refractivity (Wildman–Crippen MR) is 98.6 cm³/mol. The second-order valence-corrected chi connectivity index (χ2v) is 6.28. The van der Waals surface area contributed by atoms with Gasteiger partial charge in [-0.3, -0.25) is 4.79 Å². The average molecular weight is 353 g/mol. The highest BCUT2D eigenvalue weighted by Crippen LogP contribution is 2.22. The Labute approximate surface area is 153 Å². The molecule has 0 fully saturated rings. The van der Waals surface area contributed by atoms with Crippen LogP contribution < -0.4 is 4.74 Å². The number of nitrogens with zero attached hydrogens (tertiary/aromatic N) is 1. The van der Waals surface area contributed by atoms with Gasteiger partial charge in [0, 0.05) is 6.54 Å². The number of aryl methyl sites for hydroxylation is 1. The van der Waals surface area contributed by atoms with Gasteiger partial charge in [-0.2, -0.15) is 0 Å². The Hall–Kier alpha value is -2.82. The number of para-hydroxylation sites is 1. The van der Waals surface area contributed by atoms with Gasteiger partial charge in [0.1, 0.15) is 12.4 Å². The molecule has 1 heterocycles. The summed E-state index contributed by atoms with van der Waals surface area (Å²) in [4.78, 5) is 25.9. The predicted octanol–water partition coefficient (Wildman–Crippen LogP) is 3.33. The molecule has 0 spiro atoms. The zero-order valence-corrected chi connectivity index (χ0v) is 14.9. The molecule has 0 unspecified atom stereocenters. The van der Waals surface area contributed by atoms with Crippen LogP contribution in [0.15, 0.2) is 48.5 Å². The number of carbonyl (C=O) groups excluding carboxylic acids is 2. The molecule has 1 amide bonds.